The quantitative estimate of drug-likeness (QED) is 0.918. The van der Waals surface area contributed by atoms with E-state index in [1.165, 1.54) is 45.3 Å². The number of nitrogens with two attached hydrogens (primary N) is 1. The number of hydrogen-bond acceptors (Lipinski definition) is 4. The molecule has 0 aromatic carbocycles. The Morgan fingerprint density at radius 2 is 1.85 bits per heavy atom. The normalized spacial score (nSPS) is 21.6. The van der Waals surface area contributed by atoms with Crippen LogP contribution in [0.3, 0.4) is 0 Å². The van der Waals surface area contributed by atoms with Gasteiger partial charge in [0.15, 0.2) is 0 Å². The molecule has 2 fully saturated rings. The summed E-state index contributed by atoms with van der Waals surface area (Å²) in [6.07, 6.45) is 5.38. The summed E-state index contributed by atoms with van der Waals surface area (Å²) in [5.74, 6) is 1.97. The Morgan fingerprint density at radius 3 is 2.50 bits per heavy atom. The van der Waals surface area contributed by atoms with Crippen LogP contribution in [0.2, 0.25) is 0 Å². The maximum absolute atomic E-state index is 5.85. The molecule has 1 aromatic heterocycles. The van der Waals surface area contributed by atoms with Gasteiger partial charge in [-0.3, -0.25) is 0 Å². The fourth-order valence-corrected chi connectivity index (χ4v) is 3.41. The number of hydrogen-bond donors (Lipinski definition) is 1. The molecule has 110 valence electrons. The molecule has 1 aromatic rings. The Hall–Kier alpha value is -1.29. The first kappa shape index (κ1) is 13.7. The highest BCUT2D eigenvalue weighted by atomic mass is 15.2. The van der Waals surface area contributed by atoms with Crippen LogP contribution < -0.4 is 10.6 Å². The van der Waals surface area contributed by atoms with Crippen LogP contribution in [0.5, 0.6) is 0 Å². The van der Waals surface area contributed by atoms with Crippen LogP contribution in [-0.2, 0) is 0 Å². The highest BCUT2D eigenvalue weighted by Crippen LogP contribution is 2.24. The molecule has 2 saturated heterocycles. The summed E-state index contributed by atoms with van der Waals surface area (Å²) in [5.41, 5.74) is 7.58. The Labute approximate surface area is 122 Å². The molecule has 0 bridgehead atoms. The van der Waals surface area contributed by atoms with E-state index in [1.807, 2.05) is 13.0 Å². The van der Waals surface area contributed by atoms with Crippen molar-refractivity contribution < 1.29 is 0 Å². The van der Waals surface area contributed by atoms with Crippen LogP contribution in [0.25, 0.3) is 0 Å². The topological polar surface area (TPSA) is 45.4 Å². The Morgan fingerprint density at radius 1 is 1.15 bits per heavy atom. The predicted octanol–water partition coefficient (Wildman–Crippen LogP) is 2.28. The molecule has 0 atom stereocenters. The number of aromatic nitrogens is 1. The number of piperidine rings is 1. The van der Waals surface area contributed by atoms with Crippen LogP contribution in [0.4, 0.5) is 11.5 Å². The smallest absolute Gasteiger partial charge is 0.128 e. The van der Waals surface area contributed by atoms with Crippen LogP contribution in [0, 0.1) is 12.8 Å². The molecule has 0 aliphatic carbocycles. The Bertz CT molecular complexity index is 446. The van der Waals surface area contributed by atoms with E-state index in [4.69, 9.17) is 5.73 Å². The van der Waals surface area contributed by atoms with E-state index >= 15 is 0 Å². The first-order valence-corrected chi connectivity index (χ1v) is 7.93. The van der Waals surface area contributed by atoms with Gasteiger partial charge in [-0.25, -0.2) is 4.98 Å². The highest BCUT2D eigenvalue weighted by Gasteiger charge is 2.23. The van der Waals surface area contributed by atoms with Gasteiger partial charge in [-0.2, -0.15) is 0 Å². The van der Waals surface area contributed by atoms with E-state index in [0.717, 1.165) is 36.2 Å². The number of rotatable bonds is 3. The van der Waals surface area contributed by atoms with E-state index in [9.17, 15) is 0 Å². The maximum atomic E-state index is 5.85. The molecule has 4 heteroatoms. The third kappa shape index (κ3) is 3.06. The number of aryl methyl sites for hydroxylation is 1. The van der Waals surface area contributed by atoms with Crippen LogP contribution in [0.1, 0.15) is 31.4 Å². The molecule has 20 heavy (non-hydrogen) atoms. The second kappa shape index (κ2) is 6.00. The zero-order valence-corrected chi connectivity index (χ0v) is 12.5. The first-order chi connectivity index (χ1) is 9.72. The number of anilines is 2. The average molecular weight is 274 g/mol. The van der Waals surface area contributed by atoms with Crippen molar-refractivity contribution in [2.24, 2.45) is 5.92 Å². The van der Waals surface area contributed by atoms with E-state index in [1.54, 1.807) is 0 Å². The lowest BCUT2D eigenvalue weighted by molar-refractivity contribution is 0.249. The molecule has 0 saturated carbocycles. The molecular formula is C16H26N4. The molecule has 2 N–H and O–H groups in total. The maximum Gasteiger partial charge on any atom is 0.128 e. The monoisotopic (exact) mass is 274 g/mol. The summed E-state index contributed by atoms with van der Waals surface area (Å²) in [6.45, 7) is 8.20. The van der Waals surface area contributed by atoms with Crippen LogP contribution in [-0.4, -0.2) is 42.6 Å². The Balaban J connectivity index is 1.53. The molecule has 0 unspecified atom stereocenters. The Kier molecular flexibility index (Phi) is 4.10. The van der Waals surface area contributed by atoms with E-state index in [2.05, 4.69) is 20.9 Å². The molecule has 0 radical (unpaired) electrons. The number of nitrogens with zero attached hydrogens (tertiary/aromatic N) is 3. The summed E-state index contributed by atoms with van der Waals surface area (Å²) in [7, 11) is 0. The average Bonchev–Trinajstić information content (AvgIpc) is 2.96. The third-order valence-corrected chi connectivity index (χ3v) is 4.77. The van der Waals surface area contributed by atoms with Gasteiger partial charge in [-0.05, 0) is 63.7 Å². The lowest BCUT2D eigenvalue weighted by atomic mass is 9.96. The van der Waals surface area contributed by atoms with E-state index < -0.39 is 0 Å². The minimum Gasteiger partial charge on any atom is -0.397 e. The van der Waals surface area contributed by atoms with E-state index in [0.29, 0.717) is 0 Å². The molecule has 4 nitrogen and oxygen atoms in total. The van der Waals surface area contributed by atoms with Crippen molar-refractivity contribution in [1.29, 1.82) is 0 Å². The van der Waals surface area contributed by atoms with Gasteiger partial charge in [0.2, 0.25) is 0 Å². The van der Waals surface area contributed by atoms with Gasteiger partial charge < -0.3 is 15.5 Å². The minimum atomic E-state index is 0.790. The van der Waals surface area contributed by atoms with Crippen molar-refractivity contribution in [2.75, 3.05) is 43.4 Å². The van der Waals surface area contributed by atoms with Crippen molar-refractivity contribution in [1.82, 2.24) is 9.88 Å². The SMILES string of the molecule is Cc1nc(N2CCC(CN3CCCC3)CC2)ccc1N. The third-order valence-electron chi connectivity index (χ3n) is 4.77. The minimum absolute atomic E-state index is 0.790. The fraction of sp³-hybridized carbons (Fsp3) is 0.688. The van der Waals surface area contributed by atoms with Crippen molar-refractivity contribution in [2.45, 2.75) is 32.6 Å². The number of pyridine rings is 1. The van der Waals surface area contributed by atoms with Crippen molar-refractivity contribution in [3.05, 3.63) is 17.8 Å². The zero-order valence-electron chi connectivity index (χ0n) is 12.5. The summed E-state index contributed by atoms with van der Waals surface area (Å²) in [5, 5.41) is 0. The van der Waals surface area contributed by atoms with Gasteiger partial charge in [0.25, 0.3) is 0 Å². The molecular weight excluding hydrogens is 248 g/mol. The van der Waals surface area contributed by atoms with E-state index in [-0.39, 0.29) is 0 Å². The fourth-order valence-electron chi connectivity index (χ4n) is 3.41. The largest absolute Gasteiger partial charge is 0.397 e. The zero-order chi connectivity index (χ0) is 13.9. The lowest BCUT2D eigenvalue weighted by Crippen LogP contribution is -2.38. The summed E-state index contributed by atoms with van der Waals surface area (Å²) < 4.78 is 0. The molecule has 3 rings (SSSR count). The number of nitrogen functional groups attached to an aromatic ring is 1. The van der Waals surface area contributed by atoms with Crippen LogP contribution in [0.15, 0.2) is 12.1 Å². The lowest BCUT2D eigenvalue weighted by Gasteiger charge is -2.34. The van der Waals surface area contributed by atoms with Gasteiger partial charge in [0.05, 0.1) is 11.4 Å². The molecule has 2 aliphatic rings. The summed E-state index contributed by atoms with van der Waals surface area (Å²) >= 11 is 0. The van der Waals surface area contributed by atoms with Gasteiger partial charge in [0, 0.05) is 19.6 Å². The van der Waals surface area contributed by atoms with Crippen molar-refractivity contribution in [3.63, 3.8) is 0 Å². The first-order valence-electron chi connectivity index (χ1n) is 7.93. The van der Waals surface area contributed by atoms with Crippen molar-refractivity contribution >= 4 is 11.5 Å². The summed E-state index contributed by atoms with van der Waals surface area (Å²) in [6, 6.07) is 4.04. The highest BCUT2D eigenvalue weighted by molar-refractivity contribution is 5.50. The molecule has 3 heterocycles. The predicted molar refractivity (Wildman–Crippen MR) is 84.0 cm³/mol. The van der Waals surface area contributed by atoms with Crippen molar-refractivity contribution in [3.8, 4) is 0 Å². The summed E-state index contributed by atoms with van der Waals surface area (Å²) in [4.78, 5) is 9.67. The molecule has 2 aliphatic heterocycles. The molecule has 0 spiro atoms. The van der Waals surface area contributed by atoms with Gasteiger partial charge >= 0.3 is 0 Å². The molecule has 0 amide bonds. The van der Waals surface area contributed by atoms with Gasteiger partial charge in [-0.15, -0.1) is 0 Å². The van der Waals surface area contributed by atoms with Gasteiger partial charge in [0.1, 0.15) is 5.82 Å². The van der Waals surface area contributed by atoms with Gasteiger partial charge in [-0.1, -0.05) is 0 Å². The standard InChI is InChI=1S/C16H26N4/c1-13-15(17)4-5-16(18-13)20-10-6-14(7-11-20)12-19-8-2-3-9-19/h4-5,14H,2-3,6-12,17H2,1H3. The second-order valence-corrected chi connectivity index (χ2v) is 6.28. The second-order valence-electron chi connectivity index (χ2n) is 6.28. The van der Waals surface area contributed by atoms with Crippen LogP contribution >= 0.6 is 0 Å². The number of likely N-dealkylation sites (tertiary alicyclic amines) is 1.